The number of methoxy groups -OCH3 is 1. The van der Waals surface area contributed by atoms with Crippen LogP contribution in [-0.2, 0) is 11.2 Å². The van der Waals surface area contributed by atoms with E-state index in [9.17, 15) is 0 Å². The highest BCUT2D eigenvalue weighted by Crippen LogP contribution is 2.37. The minimum atomic E-state index is 0.558. The van der Waals surface area contributed by atoms with Gasteiger partial charge in [0.15, 0.2) is 0 Å². The van der Waals surface area contributed by atoms with Crippen LogP contribution in [0.15, 0.2) is 9.85 Å². The summed E-state index contributed by atoms with van der Waals surface area (Å²) in [5, 5.41) is 3.63. The summed E-state index contributed by atoms with van der Waals surface area (Å²) in [5.74, 6) is 0. The molecular weight excluding hydrogens is 286 g/mol. The molecule has 1 atom stereocenters. The molecule has 1 N–H and O–H groups in total. The average Bonchev–Trinajstić information content (AvgIpc) is 2.65. The first-order chi connectivity index (χ1) is 7.81. The molecule has 90 valence electrons. The van der Waals surface area contributed by atoms with Gasteiger partial charge in [-0.3, -0.25) is 0 Å². The SMILES string of the molecule is COCCCNC1CCCc2sc(Br)cc21. The predicted molar refractivity (Wildman–Crippen MR) is 72.2 cm³/mol. The zero-order chi connectivity index (χ0) is 11.4. The van der Waals surface area contributed by atoms with Crippen LogP contribution in [0.5, 0.6) is 0 Å². The summed E-state index contributed by atoms with van der Waals surface area (Å²) in [7, 11) is 1.76. The number of halogens is 1. The van der Waals surface area contributed by atoms with E-state index in [-0.39, 0.29) is 0 Å². The summed E-state index contributed by atoms with van der Waals surface area (Å²) >= 11 is 5.47. The van der Waals surface area contributed by atoms with Crippen LogP contribution in [0.4, 0.5) is 0 Å². The zero-order valence-electron chi connectivity index (χ0n) is 9.59. The molecule has 0 radical (unpaired) electrons. The van der Waals surface area contributed by atoms with E-state index in [0.29, 0.717) is 6.04 Å². The van der Waals surface area contributed by atoms with E-state index in [1.54, 1.807) is 12.0 Å². The Balaban J connectivity index is 1.91. The zero-order valence-corrected chi connectivity index (χ0v) is 12.0. The first kappa shape index (κ1) is 12.6. The number of hydrogen-bond donors (Lipinski definition) is 1. The summed E-state index contributed by atoms with van der Waals surface area (Å²) in [6.07, 6.45) is 4.92. The lowest BCUT2D eigenvalue weighted by molar-refractivity contribution is 0.192. The number of nitrogens with one attached hydrogen (secondary N) is 1. The Kier molecular flexibility index (Phi) is 4.82. The number of rotatable bonds is 5. The summed E-state index contributed by atoms with van der Waals surface area (Å²) < 4.78 is 6.33. The van der Waals surface area contributed by atoms with Crippen molar-refractivity contribution in [3.05, 3.63) is 20.3 Å². The Morgan fingerprint density at radius 2 is 2.50 bits per heavy atom. The van der Waals surface area contributed by atoms with Crippen LogP contribution >= 0.6 is 27.3 Å². The van der Waals surface area contributed by atoms with Gasteiger partial charge in [-0.05, 0) is 59.8 Å². The Morgan fingerprint density at radius 1 is 1.62 bits per heavy atom. The monoisotopic (exact) mass is 303 g/mol. The van der Waals surface area contributed by atoms with Crippen LogP contribution in [0.3, 0.4) is 0 Å². The summed E-state index contributed by atoms with van der Waals surface area (Å²) in [4.78, 5) is 1.56. The number of thiophene rings is 1. The van der Waals surface area contributed by atoms with E-state index in [1.807, 2.05) is 11.3 Å². The Hall–Kier alpha value is 0.100. The van der Waals surface area contributed by atoms with Crippen LogP contribution in [0, 0.1) is 0 Å². The highest BCUT2D eigenvalue weighted by Gasteiger charge is 2.21. The largest absolute Gasteiger partial charge is 0.385 e. The minimum Gasteiger partial charge on any atom is -0.385 e. The van der Waals surface area contributed by atoms with Crippen molar-refractivity contribution in [2.45, 2.75) is 31.7 Å². The third kappa shape index (κ3) is 3.06. The van der Waals surface area contributed by atoms with Gasteiger partial charge in [-0.1, -0.05) is 0 Å². The molecule has 0 saturated heterocycles. The van der Waals surface area contributed by atoms with E-state index in [0.717, 1.165) is 19.6 Å². The lowest BCUT2D eigenvalue weighted by Crippen LogP contribution is -2.25. The molecule has 1 aromatic rings. The van der Waals surface area contributed by atoms with Crippen molar-refractivity contribution in [3.63, 3.8) is 0 Å². The van der Waals surface area contributed by atoms with Crippen molar-refractivity contribution in [2.75, 3.05) is 20.3 Å². The third-order valence-electron chi connectivity index (χ3n) is 3.00. The van der Waals surface area contributed by atoms with E-state index >= 15 is 0 Å². The van der Waals surface area contributed by atoms with E-state index < -0.39 is 0 Å². The van der Waals surface area contributed by atoms with Crippen molar-refractivity contribution < 1.29 is 4.74 Å². The first-order valence-corrected chi connectivity index (χ1v) is 7.42. The Labute approximate surface area is 110 Å². The smallest absolute Gasteiger partial charge is 0.0704 e. The predicted octanol–water partition coefficient (Wildman–Crippen LogP) is 3.51. The highest BCUT2D eigenvalue weighted by atomic mass is 79.9. The Bertz CT molecular complexity index is 340. The quantitative estimate of drug-likeness (QED) is 0.841. The van der Waals surface area contributed by atoms with Crippen molar-refractivity contribution in [3.8, 4) is 0 Å². The van der Waals surface area contributed by atoms with E-state index in [4.69, 9.17) is 4.74 Å². The molecule has 0 spiro atoms. The van der Waals surface area contributed by atoms with Gasteiger partial charge in [0.05, 0.1) is 3.79 Å². The van der Waals surface area contributed by atoms with Crippen LogP contribution in [0.2, 0.25) is 0 Å². The molecule has 0 aliphatic heterocycles. The number of ether oxygens (including phenoxy) is 1. The fraction of sp³-hybridized carbons (Fsp3) is 0.667. The number of hydrogen-bond acceptors (Lipinski definition) is 3. The molecule has 2 nitrogen and oxygen atoms in total. The average molecular weight is 304 g/mol. The number of aryl methyl sites for hydroxylation is 1. The molecule has 0 bridgehead atoms. The molecule has 1 aliphatic rings. The highest BCUT2D eigenvalue weighted by molar-refractivity contribution is 9.11. The van der Waals surface area contributed by atoms with Gasteiger partial charge in [-0.2, -0.15) is 0 Å². The molecule has 1 unspecified atom stereocenters. The van der Waals surface area contributed by atoms with E-state index in [2.05, 4.69) is 27.3 Å². The molecule has 0 saturated carbocycles. The van der Waals surface area contributed by atoms with Crippen LogP contribution < -0.4 is 5.32 Å². The molecule has 0 fully saturated rings. The molecule has 16 heavy (non-hydrogen) atoms. The third-order valence-corrected chi connectivity index (χ3v) is 4.71. The topological polar surface area (TPSA) is 21.3 Å². The molecule has 4 heteroatoms. The van der Waals surface area contributed by atoms with Crippen molar-refractivity contribution >= 4 is 27.3 Å². The van der Waals surface area contributed by atoms with Crippen LogP contribution in [0.25, 0.3) is 0 Å². The molecule has 2 rings (SSSR count). The first-order valence-electron chi connectivity index (χ1n) is 5.81. The molecule has 1 aromatic heterocycles. The molecule has 1 heterocycles. The van der Waals surface area contributed by atoms with Crippen molar-refractivity contribution in [1.82, 2.24) is 5.32 Å². The Morgan fingerprint density at radius 3 is 3.31 bits per heavy atom. The lowest BCUT2D eigenvalue weighted by Gasteiger charge is -2.23. The van der Waals surface area contributed by atoms with Gasteiger partial charge in [0, 0.05) is 24.6 Å². The fourth-order valence-corrected chi connectivity index (χ4v) is 4.05. The van der Waals surface area contributed by atoms with Gasteiger partial charge in [-0.15, -0.1) is 11.3 Å². The molecule has 0 aromatic carbocycles. The molecular formula is C12H18BrNOS. The fourth-order valence-electron chi connectivity index (χ4n) is 2.23. The molecule has 1 aliphatic carbocycles. The number of fused-ring (bicyclic) bond motifs is 1. The van der Waals surface area contributed by atoms with Gasteiger partial charge < -0.3 is 10.1 Å². The molecule has 0 amide bonds. The van der Waals surface area contributed by atoms with Crippen molar-refractivity contribution in [2.24, 2.45) is 0 Å². The van der Waals surface area contributed by atoms with Gasteiger partial charge in [-0.25, -0.2) is 0 Å². The normalized spacial score (nSPS) is 19.8. The lowest BCUT2D eigenvalue weighted by atomic mass is 9.94. The second-order valence-electron chi connectivity index (χ2n) is 4.17. The van der Waals surface area contributed by atoms with E-state index in [1.165, 1.54) is 28.6 Å². The summed E-state index contributed by atoms with van der Waals surface area (Å²) in [6, 6.07) is 2.84. The summed E-state index contributed by atoms with van der Waals surface area (Å²) in [5.41, 5.74) is 1.51. The second-order valence-corrected chi connectivity index (χ2v) is 6.69. The van der Waals surface area contributed by atoms with Crippen LogP contribution in [-0.4, -0.2) is 20.3 Å². The van der Waals surface area contributed by atoms with Gasteiger partial charge >= 0.3 is 0 Å². The summed E-state index contributed by atoms with van der Waals surface area (Å²) in [6.45, 7) is 1.89. The van der Waals surface area contributed by atoms with Crippen molar-refractivity contribution in [1.29, 1.82) is 0 Å². The van der Waals surface area contributed by atoms with Gasteiger partial charge in [0.1, 0.15) is 0 Å². The van der Waals surface area contributed by atoms with Gasteiger partial charge in [0.25, 0.3) is 0 Å². The minimum absolute atomic E-state index is 0.558. The van der Waals surface area contributed by atoms with Crippen LogP contribution in [0.1, 0.15) is 35.7 Å². The second kappa shape index (κ2) is 6.15. The maximum absolute atomic E-state index is 5.06. The maximum atomic E-state index is 5.06. The standard InChI is InChI=1S/C12H18BrNOS/c1-15-7-3-6-14-10-4-2-5-11-9(10)8-12(13)16-11/h8,10,14H,2-7H2,1H3. The van der Waals surface area contributed by atoms with Gasteiger partial charge in [0.2, 0.25) is 0 Å². The maximum Gasteiger partial charge on any atom is 0.0704 e.